The van der Waals surface area contributed by atoms with Gasteiger partial charge in [-0.25, -0.2) is 0 Å². The lowest BCUT2D eigenvalue weighted by Crippen LogP contribution is -2.41. The Bertz CT molecular complexity index is 876. The van der Waals surface area contributed by atoms with Gasteiger partial charge in [0.1, 0.15) is 0 Å². The average Bonchev–Trinajstić information content (AvgIpc) is 3.17. The second-order valence-corrected chi connectivity index (χ2v) is 7.42. The standard InChI is InChI=1S/C22H27N5O/c1-16(2)20(27-25-21(24-26-27)19-12-8-5-9-13-19)22(28)23-17(3)14-15-18-10-6-4-7-11-18/h4-13,16-17,20H,14-15H2,1-3H3,(H,23,28). The number of amides is 1. The molecule has 0 saturated heterocycles. The van der Waals surface area contributed by atoms with E-state index in [1.54, 1.807) is 0 Å². The molecule has 0 saturated carbocycles. The highest BCUT2D eigenvalue weighted by molar-refractivity contribution is 5.80. The molecule has 0 radical (unpaired) electrons. The van der Waals surface area contributed by atoms with Gasteiger partial charge >= 0.3 is 0 Å². The van der Waals surface area contributed by atoms with E-state index in [0.29, 0.717) is 5.82 Å². The molecule has 0 aliphatic rings. The minimum Gasteiger partial charge on any atom is -0.352 e. The Hall–Kier alpha value is -3.02. The van der Waals surface area contributed by atoms with Crippen LogP contribution < -0.4 is 5.32 Å². The van der Waals surface area contributed by atoms with Crippen LogP contribution in [0.3, 0.4) is 0 Å². The van der Waals surface area contributed by atoms with Crippen LogP contribution in [0.25, 0.3) is 11.4 Å². The summed E-state index contributed by atoms with van der Waals surface area (Å²) in [5, 5.41) is 15.8. The number of nitrogens with one attached hydrogen (secondary N) is 1. The van der Waals surface area contributed by atoms with Gasteiger partial charge in [0.15, 0.2) is 6.04 Å². The summed E-state index contributed by atoms with van der Waals surface area (Å²) in [6.45, 7) is 6.01. The quantitative estimate of drug-likeness (QED) is 0.650. The van der Waals surface area contributed by atoms with E-state index >= 15 is 0 Å². The van der Waals surface area contributed by atoms with Gasteiger partial charge in [0.25, 0.3) is 0 Å². The molecule has 1 N–H and O–H groups in total. The van der Waals surface area contributed by atoms with Crippen molar-refractivity contribution in [2.45, 2.75) is 45.7 Å². The molecule has 0 bridgehead atoms. The molecule has 3 aromatic rings. The predicted molar refractivity (Wildman–Crippen MR) is 109 cm³/mol. The van der Waals surface area contributed by atoms with Crippen LogP contribution in [0.1, 0.15) is 38.8 Å². The van der Waals surface area contributed by atoms with Crippen LogP contribution in [0.4, 0.5) is 0 Å². The third kappa shape index (κ3) is 5.03. The molecule has 0 fully saturated rings. The van der Waals surface area contributed by atoms with Gasteiger partial charge in [-0.3, -0.25) is 4.79 Å². The summed E-state index contributed by atoms with van der Waals surface area (Å²) in [6, 6.07) is 19.5. The van der Waals surface area contributed by atoms with E-state index in [0.717, 1.165) is 18.4 Å². The number of aromatic nitrogens is 4. The molecule has 0 spiro atoms. The lowest BCUT2D eigenvalue weighted by Gasteiger charge is -2.22. The Morgan fingerprint density at radius 2 is 1.64 bits per heavy atom. The zero-order valence-electron chi connectivity index (χ0n) is 16.6. The maximum absolute atomic E-state index is 12.9. The third-order valence-corrected chi connectivity index (χ3v) is 4.71. The largest absolute Gasteiger partial charge is 0.352 e. The molecule has 2 aromatic carbocycles. The second-order valence-electron chi connectivity index (χ2n) is 7.42. The molecule has 3 rings (SSSR count). The Morgan fingerprint density at radius 3 is 2.29 bits per heavy atom. The Kier molecular flexibility index (Phi) is 6.53. The first-order valence-electron chi connectivity index (χ1n) is 9.74. The smallest absolute Gasteiger partial charge is 0.247 e. The highest BCUT2D eigenvalue weighted by atomic mass is 16.2. The fraction of sp³-hybridized carbons (Fsp3) is 0.364. The molecule has 6 nitrogen and oxygen atoms in total. The van der Waals surface area contributed by atoms with Gasteiger partial charge in [0.2, 0.25) is 11.7 Å². The molecule has 28 heavy (non-hydrogen) atoms. The van der Waals surface area contributed by atoms with Gasteiger partial charge < -0.3 is 5.32 Å². The molecule has 1 heterocycles. The summed E-state index contributed by atoms with van der Waals surface area (Å²) in [5.74, 6) is 0.489. The van der Waals surface area contributed by atoms with Crippen molar-refractivity contribution < 1.29 is 4.79 Å². The van der Waals surface area contributed by atoms with Crippen LogP contribution in [0.15, 0.2) is 60.7 Å². The van der Waals surface area contributed by atoms with Gasteiger partial charge in [-0.15, -0.1) is 10.2 Å². The van der Waals surface area contributed by atoms with Crippen LogP contribution in [-0.4, -0.2) is 32.2 Å². The molecular formula is C22H27N5O. The van der Waals surface area contributed by atoms with Crippen molar-refractivity contribution in [3.05, 3.63) is 66.2 Å². The number of hydrogen-bond acceptors (Lipinski definition) is 4. The van der Waals surface area contributed by atoms with Crippen molar-refractivity contribution in [1.29, 1.82) is 0 Å². The van der Waals surface area contributed by atoms with Crippen LogP contribution in [0.5, 0.6) is 0 Å². The summed E-state index contributed by atoms with van der Waals surface area (Å²) in [5.41, 5.74) is 2.15. The molecule has 0 aliphatic carbocycles. The van der Waals surface area contributed by atoms with E-state index in [1.165, 1.54) is 10.4 Å². The summed E-state index contributed by atoms with van der Waals surface area (Å²) in [4.78, 5) is 14.3. The maximum atomic E-state index is 12.9. The fourth-order valence-corrected chi connectivity index (χ4v) is 3.15. The van der Waals surface area contributed by atoms with E-state index in [9.17, 15) is 4.79 Å². The van der Waals surface area contributed by atoms with Crippen LogP contribution in [0, 0.1) is 5.92 Å². The van der Waals surface area contributed by atoms with Crippen LogP contribution >= 0.6 is 0 Å². The van der Waals surface area contributed by atoms with E-state index in [1.807, 2.05) is 69.3 Å². The Morgan fingerprint density at radius 1 is 1.00 bits per heavy atom. The van der Waals surface area contributed by atoms with E-state index in [-0.39, 0.29) is 17.9 Å². The van der Waals surface area contributed by atoms with E-state index < -0.39 is 6.04 Å². The highest BCUT2D eigenvalue weighted by Gasteiger charge is 2.28. The minimum atomic E-state index is -0.496. The van der Waals surface area contributed by atoms with E-state index in [2.05, 4.69) is 32.9 Å². The monoisotopic (exact) mass is 377 g/mol. The molecule has 1 aromatic heterocycles. The summed E-state index contributed by atoms with van der Waals surface area (Å²) in [6.07, 6.45) is 1.80. The zero-order valence-corrected chi connectivity index (χ0v) is 16.6. The zero-order chi connectivity index (χ0) is 19.9. The number of aryl methyl sites for hydroxylation is 1. The highest BCUT2D eigenvalue weighted by Crippen LogP contribution is 2.19. The SMILES string of the molecule is CC(CCc1ccccc1)NC(=O)C(C(C)C)n1nnc(-c2ccccc2)n1. The summed E-state index contributed by atoms with van der Waals surface area (Å²) >= 11 is 0. The first-order valence-corrected chi connectivity index (χ1v) is 9.74. The van der Waals surface area contributed by atoms with Crippen molar-refractivity contribution in [2.24, 2.45) is 5.92 Å². The summed E-state index contributed by atoms with van der Waals surface area (Å²) < 4.78 is 0. The lowest BCUT2D eigenvalue weighted by atomic mass is 10.0. The molecular weight excluding hydrogens is 350 g/mol. The van der Waals surface area contributed by atoms with Crippen molar-refractivity contribution in [2.75, 3.05) is 0 Å². The van der Waals surface area contributed by atoms with Crippen LogP contribution in [0.2, 0.25) is 0 Å². The van der Waals surface area contributed by atoms with Crippen molar-refractivity contribution in [3.8, 4) is 11.4 Å². The summed E-state index contributed by atoms with van der Waals surface area (Å²) in [7, 11) is 0. The number of benzene rings is 2. The van der Waals surface area contributed by atoms with Crippen molar-refractivity contribution >= 4 is 5.91 Å². The number of nitrogens with zero attached hydrogens (tertiary/aromatic N) is 4. The Labute approximate surface area is 166 Å². The van der Waals surface area contributed by atoms with E-state index in [4.69, 9.17) is 0 Å². The topological polar surface area (TPSA) is 72.7 Å². The molecule has 1 amide bonds. The normalized spacial score (nSPS) is 13.3. The Balaban J connectivity index is 1.65. The van der Waals surface area contributed by atoms with Gasteiger partial charge in [-0.1, -0.05) is 74.5 Å². The molecule has 2 atom stereocenters. The average molecular weight is 377 g/mol. The van der Waals surface area contributed by atoms with Gasteiger partial charge in [-0.2, -0.15) is 4.80 Å². The number of hydrogen-bond donors (Lipinski definition) is 1. The number of carbonyl (C=O) groups excluding carboxylic acids is 1. The third-order valence-electron chi connectivity index (χ3n) is 4.71. The predicted octanol–water partition coefficient (Wildman–Crippen LogP) is 3.67. The second kappa shape index (κ2) is 9.26. The first kappa shape index (κ1) is 19.7. The number of rotatable bonds is 8. The number of tetrazole rings is 1. The van der Waals surface area contributed by atoms with Gasteiger partial charge in [0, 0.05) is 11.6 Å². The fourth-order valence-electron chi connectivity index (χ4n) is 3.15. The number of carbonyl (C=O) groups is 1. The first-order chi connectivity index (χ1) is 13.5. The maximum Gasteiger partial charge on any atom is 0.247 e. The molecule has 146 valence electrons. The van der Waals surface area contributed by atoms with Crippen LogP contribution in [-0.2, 0) is 11.2 Å². The molecule has 2 unspecified atom stereocenters. The van der Waals surface area contributed by atoms with Crippen molar-refractivity contribution in [1.82, 2.24) is 25.5 Å². The molecule has 6 heteroatoms. The minimum absolute atomic E-state index is 0.0409. The molecule has 0 aliphatic heterocycles. The van der Waals surface area contributed by atoms with Gasteiger partial charge in [-0.05, 0) is 36.5 Å². The van der Waals surface area contributed by atoms with Crippen molar-refractivity contribution in [3.63, 3.8) is 0 Å². The van der Waals surface area contributed by atoms with Gasteiger partial charge in [0.05, 0.1) is 0 Å². The lowest BCUT2D eigenvalue weighted by molar-refractivity contribution is -0.126.